The molecular weight excluding hydrogens is 278 g/mol. The molecule has 0 aromatic carbocycles. The van der Waals surface area contributed by atoms with Crippen LogP contribution < -0.4 is 10.0 Å². The van der Waals surface area contributed by atoms with Gasteiger partial charge in [-0.25, -0.2) is 0 Å². The summed E-state index contributed by atoms with van der Waals surface area (Å²) in [6, 6.07) is 3.41. The lowest BCUT2D eigenvalue weighted by Gasteiger charge is -2.08. The van der Waals surface area contributed by atoms with Gasteiger partial charge in [0.25, 0.3) is 10.0 Å². The normalized spacial score (nSPS) is 11.5. The van der Waals surface area contributed by atoms with E-state index >= 15 is 0 Å². The number of pyridine rings is 1. The number of hydrogen-bond donors (Lipinski definition) is 3. The van der Waals surface area contributed by atoms with E-state index < -0.39 is 10.0 Å². The molecule has 0 aliphatic rings. The molecule has 2 aromatic heterocycles. The molecule has 3 N–H and O–H groups in total. The number of hydrogen-bond acceptors (Lipinski definition) is 5. The molecule has 7 nitrogen and oxygen atoms in total. The van der Waals surface area contributed by atoms with Gasteiger partial charge < -0.3 is 5.32 Å². The number of nitrogens with one attached hydrogen (secondary N) is 3. The zero-order valence-electron chi connectivity index (χ0n) is 11.3. The number of sulfonamides is 1. The van der Waals surface area contributed by atoms with Crippen molar-refractivity contribution in [2.75, 3.05) is 11.3 Å². The zero-order valence-corrected chi connectivity index (χ0v) is 12.2. The summed E-state index contributed by atoms with van der Waals surface area (Å²) in [5.41, 5.74) is 1.83. The summed E-state index contributed by atoms with van der Waals surface area (Å²) >= 11 is 0. The molecule has 0 fully saturated rings. The third kappa shape index (κ3) is 3.34. The van der Waals surface area contributed by atoms with Crippen LogP contribution in [0.2, 0.25) is 0 Å². The second kappa shape index (κ2) is 6.02. The van der Waals surface area contributed by atoms with Crippen LogP contribution in [-0.2, 0) is 16.6 Å². The van der Waals surface area contributed by atoms with Crippen molar-refractivity contribution in [3.63, 3.8) is 0 Å². The van der Waals surface area contributed by atoms with Gasteiger partial charge in [-0.3, -0.25) is 14.8 Å². The number of aromatic amines is 1. The van der Waals surface area contributed by atoms with Crippen LogP contribution in [0.15, 0.2) is 29.6 Å². The van der Waals surface area contributed by atoms with E-state index in [-0.39, 0.29) is 5.03 Å². The predicted molar refractivity (Wildman–Crippen MR) is 75.8 cm³/mol. The first kappa shape index (κ1) is 14.5. The first-order chi connectivity index (χ1) is 9.53. The maximum Gasteiger partial charge on any atom is 0.279 e. The molecule has 20 heavy (non-hydrogen) atoms. The Morgan fingerprint density at radius 3 is 2.75 bits per heavy atom. The SMILES string of the molecule is CCNCc1cn[nH]c1S(=O)(=O)Nc1ccc(C)nc1. The topological polar surface area (TPSA) is 99.8 Å². The molecule has 0 saturated carbocycles. The highest BCUT2D eigenvalue weighted by Gasteiger charge is 2.20. The monoisotopic (exact) mass is 295 g/mol. The van der Waals surface area contributed by atoms with Gasteiger partial charge in [0.05, 0.1) is 18.1 Å². The van der Waals surface area contributed by atoms with Crippen molar-refractivity contribution in [3.05, 3.63) is 35.8 Å². The minimum absolute atomic E-state index is 0.0685. The number of aromatic nitrogens is 3. The van der Waals surface area contributed by atoms with Gasteiger partial charge in [0.2, 0.25) is 0 Å². The van der Waals surface area contributed by atoms with E-state index in [1.165, 1.54) is 12.4 Å². The lowest BCUT2D eigenvalue weighted by molar-refractivity contribution is 0.594. The number of anilines is 1. The number of nitrogens with zero attached hydrogens (tertiary/aromatic N) is 2. The summed E-state index contributed by atoms with van der Waals surface area (Å²) < 4.78 is 27.1. The van der Waals surface area contributed by atoms with Gasteiger partial charge in [-0.1, -0.05) is 6.92 Å². The lowest BCUT2D eigenvalue weighted by atomic mass is 10.3. The minimum Gasteiger partial charge on any atom is -0.313 e. The Kier molecular flexibility index (Phi) is 4.35. The van der Waals surface area contributed by atoms with Crippen LogP contribution >= 0.6 is 0 Å². The average molecular weight is 295 g/mol. The summed E-state index contributed by atoms with van der Waals surface area (Å²) in [4.78, 5) is 4.05. The molecule has 2 rings (SSSR count). The Hall–Kier alpha value is -1.93. The van der Waals surface area contributed by atoms with Crippen LogP contribution in [0.5, 0.6) is 0 Å². The summed E-state index contributed by atoms with van der Waals surface area (Å²) in [5.74, 6) is 0. The summed E-state index contributed by atoms with van der Waals surface area (Å²) in [6.07, 6.45) is 2.98. The van der Waals surface area contributed by atoms with Gasteiger partial charge >= 0.3 is 0 Å². The number of H-pyrrole nitrogens is 1. The maximum atomic E-state index is 12.3. The Morgan fingerprint density at radius 1 is 1.30 bits per heavy atom. The second-order valence-corrected chi connectivity index (χ2v) is 5.92. The van der Waals surface area contributed by atoms with Gasteiger partial charge in [-0.15, -0.1) is 0 Å². The van der Waals surface area contributed by atoms with Crippen molar-refractivity contribution in [1.82, 2.24) is 20.5 Å². The van der Waals surface area contributed by atoms with Crippen LogP contribution in [0, 0.1) is 6.92 Å². The molecule has 0 aliphatic carbocycles. The van der Waals surface area contributed by atoms with E-state index in [4.69, 9.17) is 0 Å². The smallest absolute Gasteiger partial charge is 0.279 e. The van der Waals surface area contributed by atoms with E-state index in [0.29, 0.717) is 17.8 Å². The molecule has 0 aliphatic heterocycles. The third-order valence-corrected chi connectivity index (χ3v) is 4.07. The highest BCUT2D eigenvalue weighted by Crippen LogP contribution is 2.16. The molecule has 0 bridgehead atoms. The molecule has 0 spiro atoms. The van der Waals surface area contributed by atoms with Crippen molar-refractivity contribution >= 4 is 15.7 Å². The number of rotatable bonds is 6. The minimum atomic E-state index is -3.69. The second-order valence-electron chi connectivity index (χ2n) is 4.30. The Labute approximate surface area is 117 Å². The van der Waals surface area contributed by atoms with E-state index in [1.807, 2.05) is 13.8 Å². The first-order valence-electron chi connectivity index (χ1n) is 6.21. The van der Waals surface area contributed by atoms with Gasteiger partial charge in [0, 0.05) is 17.8 Å². The largest absolute Gasteiger partial charge is 0.313 e. The van der Waals surface area contributed by atoms with Crippen molar-refractivity contribution in [2.45, 2.75) is 25.4 Å². The van der Waals surface area contributed by atoms with Gasteiger partial charge in [0.1, 0.15) is 0 Å². The average Bonchev–Trinajstić information content (AvgIpc) is 2.88. The molecule has 108 valence electrons. The number of aryl methyl sites for hydroxylation is 1. The molecule has 2 aromatic rings. The van der Waals surface area contributed by atoms with Crippen molar-refractivity contribution < 1.29 is 8.42 Å². The Bertz CT molecular complexity index is 663. The molecule has 0 saturated heterocycles. The predicted octanol–water partition coefficient (Wildman–Crippen LogP) is 1.02. The fourth-order valence-electron chi connectivity index (χ4n) is 1.65. The third-order valence-electron chi connectivity index (χ3n) is 2.68. The van der Waals surface area contributed by atoms with Gasteiger partial charge in [0.15, 0.2) is 5.03 Å². The highest BCUT2D eigenvalue weighted by atomic mass is 32.2. The van der Waals surface area contributed by atoms with Crippen LogP contribution in [0.3, 0.4) is 0 Å². The van der Waals surface area contributed by atoms with Crippen LogP contribution in [0.1, 0.15) is 18.2 Å². The van der Waals surface area contributed by atoms with Crippen LogP contribution in [0.25, 0.3) is 0 Å². The highest BCUT2D eigenvalue weighted by molar-refractivity contribution is 7.92. The molecule has 8 heteroatoms. The quantitative estimate of drug-likeness (QED) is 0.739. The Balaban J connectivity index is 2.22. The fraction of sp³-hybridized carbons (Fsp3) is 0.333. The standard InChI is InChI=1S/C12H17N5O2S/c1-3-13-6-10-7-15-16-12(10)20(18,19)17-11-5-4-9(2)14-8-11/h4-5,7-8,13,17H,3,6H2,1-2H3,(H,15,16). The summed E-state index contributed by atoms with van der Waals surface area (Å²) in [7, 11) is -3.69. The molecule has 0 amide bonds. The van der Waals surface area contributed by atoms with E-state index in [0.717, 1.165) is 12.2 Å². The van der Waals surface area contributed by atoms with E-state index in [1.54, 1.807) is 12.1 Å². The van der Waals surface area contributed by atoms with E-state index in [2.05, 4.69) is 25.2 Å². The Morgan fingerprint density at radius 2 is 2.10 bits per heavy atom. The fourth-order valence-corrected chi connectivity index (χ4v) is 2.83. The molecule has 0 radical (unpaired) electrons. The molecular formula is C12H17N5O2S. The zero-order chi connectivity index (χ0) is 14.6. The maximum absolute atomic E-state index is 12.3. The summed E-state index contributed by atoms with van der Waals surface area (Å²) in [5, 5.41) is 9.46. The van der Waals surface area contributed by atoms with E-state index in [9.17, 15) is 8.42 Å². The van der Waals surface area contributed by atoms with Crippen LogP contribution in [0.4, 0.5) is 5.69 Å². The van der Waals surface area contributed by atoms with Gasteiger partial charge in [-0.2, -0.15) is 13.5 Å². The summed E-state index contributed by atoms with van der Waals surface area (Å²) in [6.45, 7) is 4.97. The molecule has 0 unspecified atom stereocenters. The lowest BCUT2D eigenvalue weighted by Crippen LogP contribution is -2.18. The van der Waals surface area contributed by atoms with Crippen LogP contribution in [-0.4, -0.2) is 30.1 Å². The molecule has 0 atom stereocenters. The van der Waals surface area contributed by atoms with Gasteiger partial charge in [-0.05, 0) is 25.6 Å². The van der Waals surface area contributed by atoms with Crippen molar-refractivity contribution in [1.29, 1.82) is 0 Å². The van der Waals surface area contributed by atoms with Crippen molar-refractivity contribution in [2.24, 2.45) is 0 Å². The van der Waals surface area contributed by atoms with Crippen molar-refractivity contribution in [3.8, 4) is 0 Å². The first-order valence-corrected chi connectivity index (χ1v) is 7.69. The molecule has 2 heterocycles.